The summed E-state index contributed by atoms with van der Waals surface area (Å²) >= 11 is 0. The van der Waals surface area contributed by atoms with Crippen molar-refractivity contribution in [1.29, 1.82) is 0 Å². The number of hydrogen-bond acceptors (Lipinski definition) is 3. The molecule has 0 heterocycles. The van der Waals surface area contributed by atoms with E-state index < -0.39 is 0 Å². The van der Waals surface area contributed by atoms with Crippen LogP contribution in [0.1, 0.15) is 28.4 Å². The van der Waals surface area contributed by atoms with Gasteiger partial charge in [-0.3, -0.25) is 4.79 Å². The van der Waals surface area contributed by atoms with Crippen LogP contribution in [-0.4, -0.2) is 37.2 Å². The lowest BCUT2D eigenvalue weighted by Crippen LogP contribution is -2.14. The highest BCUT2D eigenvalue weighted by molar-refractivity contribution is 5.99. The van der Waals surface area contributed by atoms with E-state index in [2.05, 4.69) is 4.99 Å². The number of aliphatic imine (C=N–C) groups is 1. The van der Waals surface area contributed by atoms with Crippen molar-refractivity contribution in [2.24, 2.45) is 4.99 Å². The Hall–Kier alpha value is -2.69. The molecular formula is C20H23FN2O2. The Morgan fingerprint density at radius 1 is 1.20 bits per heavy atom. The second-order valence-corrected chi connectivity index (χ2v) is 5.94. The largest absolute Gasteiger partial charge is 0.485 e. The maximum atomic E-state index is 12.9. The molecule has 0 N–H and O–H groups in total. The molecule has 0 unspecified atom stereocenters. The van der Waals surface area contributed by atoms with Crippen LogP contribution >= 0.6 is 0 Å². The minimum absolute atomic E-state index is 0.0902. The zero-order chi connectivity index (χ0) is 18.4. The van der Waals surface area contributed by atoms with Crippen molar-refractivity contribution in [3.05, 3.63) is 58.9 Å². The molecule has 2 aromatic rings. The highest BCUT2D eigenvalue weighted by Crippen LogP contribution is 2.24. The van der Waals surface area contributed by atoms with Crippen LogP contribution in [0.25, 0.3) is 0 Å². The third kappa shape index (κ3) is 5.14. The van der Waals surface area contributed by atoms with Gasteiger partial charge in [0.25, 0.3) is 0 Å². The number of halogens is 1. The molecule has 0 radical (unpaired) electrons. The molecule has 0 aromatic heterocycles. The molecule has 0 aliphatic heterocycles. The fraction of sp³-hybridized carbons (Fsp3) is 0.300. The third-order valence-electron chi connectivity index (χ3n) is 3.92. The summed E-state index contributed by atoms with van der Waals surface area (Å²) in [7, 11) is 1.95. The average Bonchev–Trinajstić information content (AvgIpc) is 2.61. The summed E-state index contributed by atoms with van der Waals surface area (Å²) in [4.78, 5) is 18.9. The van der Waals surface area contributed by atoms with Crippen LogP contribution in [0.4, 0.5) is 10.1 Å². The summed E-state index contributed by atoms with van der Waals surface area (Å²) < 4.78 is 18.3. The minimum Gasteiger partial charge on any atom is -0.485 e. The van der Waals surface area contributed by atoms with Gasteiger partial charge in [0.1, 0.15) is 11.6 Å². The summed E-state index contributed by atoms with van der Waals surface area (Å²) in [5.74, 6) is 0.00841. The van der Waals surface area contributed by atoms with E-state index in [1.807, 2.05) is 44.9 Å². The van der Waals surface area contributed by atoms with Crippen LogP contribution in [0.5, 0.6) is 5.75 Å². The molecule has 0 fully saturated rings. The lowest BCUT2D eigenvalue weighted by atomic mass is 10.0. The fourth-order valence-corrected chi connectivity index (χ4v) is 2.24. The van der Waals surface area contributed by atoms with E-state index in [0.29, 0.717) is 11.3 Å². The summed E-state index contributed by atoms with van der Waals surface area (Å²) in [5, 5.41) is 0. The Morgan fingerprint density at radius 2 is 1.88 bits per heavy atom. The second kappa shape index (κ2) is 8.42. The van der Waals surface area contributed by atoms with E-state index in [-0.39, 0.29) is 18.2 Å². The van der Waals surface area contributed by atoms with Crippen molar-refractivity contribution < 1.29 is 13.9 Å². The van der Waals surface area contributed by atoms with Gasteiger partial charge in [-0.1, -0.05) is 0 Å². The summed E-state index contributed by atoms with van der Waals surface area (Å²) in [6.45, 7) is 6.64. The molecule has 0 atom stereocenters. The van der Waals surface area contributed by atoms with Crippen molar-refractivity contribution >= 4 is 17.8 Å². The normalized spacial score (nSPS) is 10.9. The Kier molecular flexibility index (Phi) is 6.28. The van der Waals surface area contributed by atoms with Gasteiger partial charge in [0.05, 0.1) is 12.0 Å². The molecular weight excluding hydrogens is 319 g/mol. The van der Waals surface area contributed by atoms with Gasteiger partial charge in [-0.15, -0.1) is 0 Å². The Labute approximate surface area is 148 Å². The van der Waals surface area contributed by atoms with E-state index in [9.17, 15) is 9.18 Å². The first kappa shape index (κ1) is 18.6. The molecule has 0 spiro atoms. The van der Waals surface area contributed by atoms with Gasteiger partial charge in [0.15, 0.2) is 12.4 Å². The standard InChI is InChI=1S/C20H23FN2O2/c1-5-23(4)13-22-19-11-14(2)18(10-15(19)3)20(24)12-25-17-8-6-16(21)7-9-17/h6-11,13H,5,12H2,1-4H3. The zero-order valence-electron chi connectivity index (χ0n) is 15.0. The first-order valence-corrected chi connectivity index (χ1v) is 8.18. The molecule has 4 nitrogen and oxygen atoms in total. The van der Waals surface area contributed by atoms with Crippen molar-refractivity contribution in [1.82, 2.24) is 4.90 Å². The molecule has 0 amide bonds. The van der Waals surface area contributed by atoms with Crippen molar-refractivity contribution in [3.63, 3.8) is 0 Å². The molecule has 0 aliphatic carbocycles. The highest BCUT2D eigenvalue weighted by Gasteiger charge is 2.12. The van der Waals surface area contributed by atoms with Gasteiger partial charge in [0, 0.05) is 19.2 Å². The molecule has 0 saturated heterocycles. The predicted molar refractivity (Wildman–Crippen MR) is 98.6 cm³/mol. The van der Waals surface area contributed by atoms with Crippen molar-refractivity contribution in [2.75, 3.05) is 20.2 Å². The van der Waals surface area contributed by atoms with Gasteiger partial charge in [0.2, 0.25) is 0 Å². The first-order valence-electron chi connectivity index (χ1n) is 8.18. The maximum absolute atomic E-state index is 12.9. The van der Waals surface area contributed by atoms with E-state index in [1.165, 1.54) is 24.3 Å². The molecule has 0 saturated carbocycles. The van der Waals surface area contributed by atoms with Crippen LogP contribution < -0.4 is 4.74 Å². The van der Waals surface area contributed by atoms with Gasteiger partial charge in [-0.2, -0.15) is 0 Å². The highest BCUT2D eigenvalue weighted by atomic mass is 19.1. The van der Waals surface area contributed by atoms with E-state index in [4.69, 9.17) is 4.74 Å². The van der Waals surface area contributed by atoms with E-state index in [1.54, 1.807) is 6.34 Å². The lowest BCUT2D eigenvalue weighted by Gasteiger charge is -2.12. The SMILES string of the molecule is CCN(C)C=Nc1cc(C)c(C(=O)COc2ccc(F)cc2)cc1C. The Bertz CT molecular complexity index is 770. The van der Waals surface area contributed by atoms with Crippen LogP contribution in [0.15, 0.2) is 41.4 Å². The third-order valence-corrected chi connectivity index (χ3v) is 3.92. The maximum Gasteiger partial charge on any atom is 0.200 e. The number of carbonyl (C=O) groups is 1. The minimum atomic E-state index is -0.338. The van der Waals surface area contributed by atoms with Crippen LogP contribution in [0, 0.1) is 19.7 Å². The molecule has 5 heteroatoms. The lowest BCUT2D eigenvalue weighted by molar-refractivity contribution is 0.0921. The van der Waals surface area contributed by atoms with E-state index >= 15 is 0 Å². The Balaban J connectivity index is 2.10. The smallest absolute Gasteiger partial charge is 0.200 e. The zero-order valence-corrected chi connectivity index (χ0v) is 15.0. The summed E-state index contributed by atoms with van der Waals surface area (Å²) in [6, 6.07) is 9.35. The van der Waals surface area contributed by atoms with Gasteiger partial charge in [-0.05, 0) is 68.3 Å². The van der Waals surface area contributed by atoms with Crippen molar-refractivity contribution in [2.45, 2.75) is 20.8 Å². The van der Waals surface area contributed by atoms with Gasteiger partial charge >= 0.3 is 0 Å². The number of aryl methyl sites for hydroxylation is 2. The molecule has 0 aliphatic rings. The topological polar surface area (TPSA) is 41.9 Å². The van der Waals surface area contributed by atoms with Crippen LogP contribution in [0.2, 0.25) is 0 Å². The summed E-state index contributed by atoms with van der Waals surface area (Å²) in [6.07, 6.45) is 1.78. The number of hydrogen-bond donors (Lipinski definition) is 0. The summed E-state index contributed by atoms with van der Waals surface area (Å²) in [5.41, 5.74) is 3.23. The second-order valence-electron chi connectivity index (χ2n) is 5.94. The van der Waals surface area contributed by atoms with Gasteiger partial charge < -0.3 is 9.64 Å². The fourth-order valence-electron chi connectivity index (χ4n) is 2.24. The first-order chi connectivity index (χ1) is 11.9. The monoisotopic (exact) mass is 342 g/mol. The number of Topliss-reactive ketones (excluding diaryl/α,β-unsaturated/α-hetero) is 1. The predicted octanol–water partition coefficient (Wildman–Crippen LogP) is 4.32. The molecule has 2 rings (SSSR count). The molecule has 132 valence electrons. The molecule has 25 heavy (non-hydrogen) atoms. The van der Waals surface area contributed by atoms with Gasteiger partial charge in [-0.25, -0.2) is 9.38 Å². The van der Waals surface area contributed by atoms with Crippen molar-refractivity contribution in [3.8, 4) is 5.75 Å². The quantitative estimate of drug-likeness (QED) is 0.428. The number of ether oxygens (including phenoxy) is 1. The number of rotatable bonds is 7. The van der Waals surface area contributed by atoms with Crippen LogP contribution in [0.3, 0.4) is 0 Å². The number of nitrogens with zero attached hydrogens (tertiary/aromatic N) is 2. The van der Waals surface area contributed by atoms with Crippen LogP contribution in [-0.2, 0) is 0 Å². The molecule has 2 aromatic carbocycles. The number of carbonyl (C=O) groups excluding carboxylic acids is 1. The Morgan fingerprint density at radius 3 is 2.52 bits per heavy atom. The molecule has 0 bridgehead atoms. The average molecular weight is 342 g/mol. The van der Waals surface area contributed by atoms with E-state index in [0.717, 1.165) is 23.4 Å². The number of ketones is 1. The number of benzene rings is 2.